The minimum Gasteiger partial charge on any atom is -0.393 e. The minimum absolute atomic E-state index is 0.0925. The van der Waals surface area contributed by atoms with Gasteiger partial charge in [0.25, 0.3) is 5.69 Å². The molecule has 8 heteroatoms. The van der Waals surface area contributed by atoms with E-state index in [-0.39, 0.29) is 18.8 Å². The standard InChI is InChI=1S/C14H18N2O5S/c1-2-14(11-3-5-12(6-4-11)16(18)19)22(20,21)15-9-7-13(17)8-10-15/h2-6,13-14,17H,1,7-10H2. The number of rotatable bonds is 5. The summed E-state index contributed by atoms with van der Waals surface area (Å²) in [6.45, 7) is 4.11. The van der Waals surface area contributed by atoms with Crippen molar-refractivity contribution in [2.24, 2.45) is 0 Å². The summed E-state index contributed by atoms with van der Waals surface area (Å²) in [6, 6.07) is 5.42. The first-order valence-corrected chi connectivity index (χ1v) is 8.40. The third-order valence-electron chi connectivity index (χ3n) is 3.75. The van der Waals surface area contributed by atoms with Crippen molar-refractivity contribution >= 4 is 15.7 Å². The van der Waals surface area contributed by atoms with Crippen LogP contribution < -0.4 is 0 Å². The summed E-state index contributed by atoms with van der Waals surface area (Å²) >= 11 is 0. The summed E-state index contributed by atoms with van der Waals surface area (Å²) in [5.41, 5.74) is 0.344. The quantitative estimate of drug-likeness (QED) is 0.503. The van der Waals surface area contributed by atoms with Crippen LogP contribution in [0.4, 0.5) is 5.69 Å². The molecule has 0 aliphatic carbocycles. The molecule has 0 saturated carbocycles. The molecule has 1 aliphatic heterocycles. The average molecular weight is 326 g/mol. The summed E-state index contributed by atoms with van der Waals surface area (Å²) in [7, 11) is -3.65. The minimum atomic E-state index is -3.65. The molecule has 1 fully saturated rings. The largest absolute Gasteiger partial charge is 0.393 e. The van der Waals surface area contributed by atoms with E-state index in [2.05, 4.69) is 6.58 Å². The van der Waals surface area contributed by atoms with E-state index in [1.54, 1.807) is 0 Å². The topological polar surface area (TPSA) is 101 Å². The molecular weight excluding hydrogens is 308 g/mol. The number of nitrogens with zero attached hydrogens (tertiary/aromatic N) is 2. The zero-order valence-corrected chi connectivity index (χ0v) is 12.8. The first-order chi connectivity index (χ1) is 10.4. The molecule has 1 aromatic rings. The summed E-state index contributed by atoms with van der Waals surface area (Å²) in [6.07, 6.45) is 1.67. The Balaban J connectivity index is 2.26. The van der Waals surface area contributed by atoms with Gasteiger partial charge in [-0.3, -0.25) is 10.1 Å². The number of non-ortho nitro benzene ring substituents is 1. The van der Waals surface area contributed by atoms with Crippen LogP contribution in [0.3, 0.4) is 0 Å². The van der Waals surface area contributed by atoms with E-state index in [9.17, 15) is 23.6 Å². The number of sulfonamides is 1. The summed E-state index contributed by atoms with van der Waals surface area (Å²) < 4.78 is 26.7. The molecule has 1 heterocycles. The molecule has 0 aromatic heterocycles. The number of piperidine rings is 1. The summed E-state index contributed by atoms with van der Waals surface area (Å²) in [5.74, 6) is 0. The summed E-state index contributed by atoms with van der Waals surface area (Å²) in [4.78, 5) is 10.1. The lowest BCUT2D eigenvalue weighted by Crippen LogP contribution is -2.41. The Morgan fingerprint density at radius 2 is 1.86 bits per heavy atom. The van der Waals surface area contributed by atoms with Crippen LogP contribution in [0.15, 0.2) is 36.9 Å². The Morgan fingerprint density at radius 1 is 1.32 bits per heavy atom. The van der Waals surface area contributed by atoms with Crippen molar-refractivity contribution in [1.29, 1.82) is 0 Å². The first-order valence-electron chi connectivity index (χ1n) is 6.90. The van der Waals surface area contributed by atoms with E-state index in [4.69, 9.17) is 0 Å². The maximum atomic E-state index is 12.7. The molecule has 1 atom stereocenters. The SMILES string of the molecule is C=CC(c1ccc([N+](=O)[O-])cc1)S(=O)(=O)N1CCC(O)CC1. The van der Waals surface area contributed by atoms with Gasteiger partial charge in [-0.2, -0.15) is 0 Å². The average Bonchev–Trinajstić information content (AvgIpc) is 2.48. The van der Waals surface area contributed by atoms with Crippen LogP contribution in [0, 0.1) is 10.1 Å². The maximum absolute atomic E-state index is 12.7. The van der Waals surface area contributed by atoms with Gasteiger partial charge in [0.2, 0.25) is 10.0 Å². The van der Waals surface area contributed by atoms with Crippen molar-refractivity contribution in [2.75, 3.05) is 13.1 Å². The van der Waals surface area contributed by atoms with E-state index >= 15 is 0 Å². The third-order valence-corrected chi connectivity index (χ3v) is 5.94. The van der Waals surface area contributed by atoms with Crippen LogP contribution in [0.5, 0.6) is 0 Å². The van der Waals surface area contributed by atoms with E-state index in [1.807, 2.05) is 0 Å². The predicted octanol–water partition coefficient (Wildman–Crippen LogP) is 1.61. The highest BCUT2D eigenvalue weighted by atomic mass is 32.2. The molecule has 1 unspecified atom stereocenters. The number of aliphatic hydroxyl groups is 1. The molecule has 0 bridgehead atoms. The molecular formula is C14H18N2O5S. The molecule has 1 N–H and O–H groups in total. The van der Waals surface area contributed by atoms with Gasteiger partial charge < -0.3 is 5.11 Å². The molecule has 1 aliphatic rings. The second-order valence-corrected chi connectivity index (χ2v) is 7.23. The van der Waals surface area contributed by atoms with Crippen LogP contribution >= 0.6 is 0 Å². The van der Waals surface area contributed by atoms with Crippen LogP contribution in [0.1, 0.15) is 23.7 Å². The smallest absolute Gasteiger partial charge is 0.269 e. The molecule has 22 heavy (non-hydrogen) atoms. The molecule has 1 saturated heterocycles. The number of nitro benzene ring substituents is 1. The van der Waals surface area contributed by atoms with Crippen molar-refractivity contribution in [3.8, 4) is 0 Å². The highest BCUT2D eigenvalue weighted by Crippen LogP contribution is 2.30. The van der Waals surface area contributed by atoms with Crippen LogP contribution in [-0.2, 0) is 10.0 Å². The van der Waals surface area contributed by atoms with Gasteiger partial charge in [0, 0.05) is 25.2 Å². The lowest BCUT2D eigenvalue weighted by molar-refractivity contribution is -0.384. The molecule has 0 amide bonds. The number of aliphatic hydroxyl groups excluding tert-OH is 1. The van der Waals surface area contributed by atoms with Crippen molar-refractivity contribution < 1.29 is 18.4 Å². The fraction of sp³-hybridized carbons (Fsp3) is 0.429. The number of benzene rings is 1. The molecule has 120 valence electrons. The first kappa shape index (κ1) is 16.6. The van der Waals surface area contributed by atoms with Gasteiger partial charge in [-0.25, -0.2) is 12.7 Å². The van der Waals surface area contributed by atoms with Gasteiger partial charge in [0.05, 0.1) is 11.0 Å². The Bertz CT molecular complexity index is 648. The Labute approximate surface area is 129 Å². The highest BCUT2D eigenvalue weighted by Gasteiger charge is 2.33. The van der Waals surface area contributed by atoms with E-state index < -0.39 is 26.3 Å². The maximum Gasteiger partial charge on any atom is 0.269 e. The second kappa shape index (κ2) is 6.55. The zero-order valence-electron chi connectivity index (χ0n) is 12.0. The summed E-state index contributed by atoms with van der Waals surface area (Å²) in [5, 5.41) is 19.2. The van der Waals surface area contributed by atoms with Gasteiger partial charge in [0.1, 0.15) is 5.25 Å². The van der Waals surface area contributed by atoms with E-state index in [0.29, 0.717) is 18.4 Å². The van der Waals surface area contributed by atoms with Gasteiger partial charge in [0.15, 0.2) is 0 Å². The predicted molar refractivity (Wildman–Crippen MR) is 81.8 cm³/mol. The van der Waals surface area contributed by atoms with Crippen molar-refractivity contribution in [3.63, 3.8) is 0 Å². The van der Waals surface area contributed by atoms with Crippen LogP contribution in [-0.4, -0.2) is 41.9 Å². The van der Waals surface area contributed by atoms with Crippen molar-refractivity contribution in [3.05, 3.63) is 52.6 Å². The normalized spacial score (nSPS) is 18.8. The molecule has 0 spiro atoms. The second-order valence-electron chi connectivity index (χ2n) is 5.18. The fourth-order valence-electron chi connectivity index (χ4n) is 2.47. The number of hydrogen-bond donors (Lipinski definition) is 1. The lowest BCUT2D eigenvalue weighted by Gasteiger charge is -2.31. The molecule has 1 aromatic carbocycles. The van der Waals surface area contributed by atoms with Crippen molar-refractivity contribution in [1.82, 2.24) is 4.31 Å². The molecule has 2 rings (SSSR count). The number of hydrogen-bond acceptors (Lipinski definition) is 5. The van der Waals surface area contributed by atoms with E-state index in [0.717, 1.165) is 0 Å². The third kappa shape index (κ3) is 3.34. The molecule has 0 radical (unpaired) electrons. The highest BCUT2D eigenvalue weighted by molar-refractivity contribution is 7.89. The van der Waals surface area contributed by atoms with E-state index in [1.165, 1.54) is 34.6 Å². The van der Waals surface area contributed by atoms with Gasteiger partial charge in [-0.05, 0) is 18.4 Å². The lowest BCUT2D eigenvalue weighted by atomic mass is 10.1. The monoisotopic (exact) mass is 326 g/mol. The fourth-order valence-corrected chi connectivity index (χ4v) is 4.26. The van der Waals surface area contributed by atoms with Crippen LogP contribution in [0.25, 0.3) is 0 Å². The van der Waals surface area contributed by atoms with Gasteiger partial charge >= 0.3 is 0 Å². The molecule has 7 nitrogen and oxygen atoms in total. The Morgan fingerprint density at radius 3 is 2.32 bits per heavy atom. The van der Waals surface area contributed by atoms with Crippen LogP contribution in [0.2, 0.25) is 0 Å². The zero-order chi connectivity index (χ0) is 16.3. The van der Waals surface area contributed by atoms with Gasteiger partial charge in [-0.1, -0.05) is 18.2 Å². The van der Waals surface area contributed by atoms with Crippen molar-refractivity contribution in [2.45, 2.75) is 24.2 Å². The number of nitro groups is 1. The van der Waals surface area contributed by atoms with Gasteiger partial charge in [-0.15, -0.1) is 6.58 Å². The Hall–Kier alpha value is -1.77. The Kier molecular flexibility index (Phi) is 4.94.